The lowest BCUT2D eigenvalue weighted by Crippen LogP contribution is -2.17. The molecule has 3 nitrogen and oxygen atoms in total. The van der Waals surface area contributed by atoms with Crippen molar-refractivity contribution >= 4 is 29.1 Å². The van der Waals surface area contributed by atoms with Gasteiger partial charge < -0.3 is 5.32 Å². The van der Waals surface area contributed by atoms with Gasteiger partial charge >= 0.3 is 0 Å². The van der Waals surface area contributed by atoms with E-state index in [-0.39, 0.29) is 11.7 Å². The summed E-state index contributed by atoms with van der Waals surface area (Å²) in [7, 11) is 1.60. The van der Waals surface area contributed by atoms with Crippen molar-refractivity contribution in [3.05, 3.63) is 63.4 Å². The zero-order valence-electron chi connectivity index (χ0n) is 12.1. The van der Waals surface area contributed by atoms with E-state index in [1.165, 1.54) is 16.2 Å². The molecule has 2 aromatic rings. The third-order valence-corrected chi connectivity index (χ3v) is 4.32. The number of allylic oxidation sites excluding steroid dienone is 1. The van der Waals surface area contributed by atoms with Crippen molar-refractivity contribution in [1.82, 2.24) is 5.32 Å². The SMILES string of the molecule is CCc1ccc(C(=O)/C=C/c2ccc(C(=O)NC)cc2)s1. The lowest BCUT2D eigenvalue weighted by molar-refractivity contribution is 0.0962. The van der Waals surface area contributed by atoms with Gasteiger partial charge in [0.25, 0.3) is 5.91 Å². The summed E-state index contributed by atoms with van der Waals surface area (Å²) in [5, 5.41) is 2.57. The van der Waals surface area contributed by atoms with Crippen molar-refractivity contribution in [1.29, 1.82) is 0 Å². The van der Waals surface area contributed by atoms with Crippen molar-refractivity contribution < 1.29 is 9.59 Å². The zero-order chi connectivity index (χ0) is 15.2. The van der Waals surface area contributed by atoms with Gasteiger partial charge in [0.05, 0.1) is 4.88 Å². The minimum atomic E-state index is -0.118. The van der Waals surface area contributed by atoms with Gasteiger partial charge in [0, 0.05) is 17.5 Å². The Labute approximate surface area is 128 Å². The number of hydrogen-bond donors (Lipinski definition) is 1. The van der Waals surface area contributed by atoms with E-state index in [2.05, 4.69) is 12.2 Å². The number of hydrogen-bond acceptors (Lipinski definition) is 3. The standard InChI is InChI=1S/C17H17NO2S/c1-3-14-9-11-16(21-14)15(19)10-6-12-4-7-13(8-5-12)17(20)18-2/h4-11H,3H2,1-2H3,(H,18,20)/b10-6+. The number of amides is 1. The smallest absolute Gasteiger partial charge is 0.251 e. The van der Waals surface area contributed by atoms with E-state index in [4.69, 9.17) is 0 Å². The fraction of sp³-hybridized carbons (Fsp3) is 0.176. The monoisotopic (exact) mass is 299 g/mol. The Morgan fingerprint density at radius 2 is 1.86 bits per heavy atom. The second-order valence-electron chi connectivity index (χ2n) is 4.52. The van der Waals surface area contributed by atoms with Gasteiger partial charge in [-0.05, 0) is 42.3 Å². The summed E-state index contributed by atoms with van der Waals surface area (Å²) in [6, 6.07) is 11.0. The largest absolute Gasteiger partial charge is 0.355 e. The van der Waals surface area contributed by atoms with Crippen LogP contribution in [0.2, 0.25) is 0 Å². The molecule has 2 rings (SSSR count). The molecule has 1 heterocycles. The van der Waals surface area contributed by atoms with Gasteiger partial charge in [-0.1, -0.05) is 25.1 Å². The first-order valence-corrected chi connectivity index (χ1v) is 7.59. The second-order valence-corrected chi connectivity index (χ2v) is 5.69. The van der Waals surface area contributed by atoms with Crippen molar-refractivity contribution in [2.45, 2.75) is 13.3 Å². The topological polar surface area (TPSA) is 46.2 Å². The summed E-state index contributed by atoms with van der Waals surface area (Å²) in [5.74, 6) is -0.109. The average Bonchev–Trinajstić information content (AvgIpc) is 3.01. The molecule has 0 saturated heterocycles. The molecule has 21 heavy (non-hydrogen) atoms. The number of thiophene rings is 1. The number of rotatable bonds is 5. The first-order chi connectivity index (χ1) is 10.1. The Hall–Kier alpha value is -2.20. The van der Waals surface area contributed by atoms with Gasteiger partial charge in [-0.3, -0.25) is 9.59 Å². The van der Waals surface area contributed by atoms with Crippen LogP contribution in [0.3, 0.4) is 0 Å². The molecule has 0 radical (unpaired) electrons. The van der Waals surface area contributed by atoms with Gasteiger partial charge in [0.15, 0.2) is 5.78 Å². The van der Waals surface area contributed by atoms with E-state index >= 15 is 0 Å². The second kappa shape index (κ2) is 6.99. The molecule has 0 aliphatic rings. The summed E-state index contributed by atoms with van der Waals surface area (Å²) in [6.07, 6.45) is 4.28. The van der Waals surface area contributed by atoms with E-state index in [9.17, 15) is 9.59 Å². The Balaban J connectivity index is 2.06. The lowest BCUT2D eigenvalue weighted by atomic mass is 10.1. The summed E-state index contributed by atoms with van der Waals surface area (Å²) >= 11 is 1.53. The highest BCUT2D eigenvalue weighted by Crippen LogP contribution is 2.18. The highest BCUT2D eigenvalue weighted by molar-refractivity contribution is 7.14. The highest BCUT2D eigenvalue weighted by atomic mass is 32.1. The van der Waals surface area contributed by atoms with Crippen LogP contribution in [0.4, 0.5) is 0 Å². The van der Waals surface area contributed by atoms with Crippen molar-refractivity contribution in [2.75, 3.05) is 7.05 Å². The molecule has 1 amide bonds. The summed E-state index contributed by atoms with van der Waals surface area (Å²) < 4.78 is 0. The Morgan fingerprint density at radius 1 is 1.14 bits per heavy atom. The minimum Gasteiger partial charge on any atom is -0.355 e. The van der Waals surface area contributed by atoms with Crippen LogP contribution in [0.15, 0.2) is 42.5 Å². The Kier molecular flexibility index (Phi) is 5.06. The van der Waals surface area contributed by atoms with Gasteiger partial charge in [-0.15, -0.1) is 11.3 Å². The summed E-state index contributed by atoms with van der Waals surface area (Å²) in [4.78, 5) is 25.4. The number of aryl methyl sites for hydroxylation is 1. The summed E-state index contributed by atoms with van der Waals surface area (Å²) in [5.41, 5.74) is 1.50. The molecular formula is C17H17NO2S. The normalized spacial score (nSPS) is 10.8. The van der Waals surface area contributed by atoms with Gasteiger partial charge in [0.1, 0.15) is 0 Å². The van der Waals surface area contributed by atoms with Gasteiger partial charge in [0.2, 0.25) is 0 Å². The fourth-order valence-electron chi connectivity index (χ4n) is 1.84. The molecule has 1 aromatic carbocycles. The van der Waals surface area contributed by atoms with Crippen LogP contribution in [0.5, 0.6) is 0 Å². The molecular weight excluding hydrogens is 282 g/mol. The van der Waals surface area contributed by atoms with E-state index < -0.39 is 0 Å². The molecule has 108 valence electrons. The Bertz CT molecular complexity index is 668. The van der Waals surface area contributed by atoms with Crippen molar-refractivity contribution in [3.8, 4) is 0 Å². The van der Waals surface area contributed by atoms with Crippen LogP contribution in [-0.4, -0.2) is 18.7 Å². The maximum Gasteiger partial charge on any atom is 0.251 e. The number of carbonyl (C=O) groups excluding carboxylic acids is 2. The highest BCUT2D eigenvalue weighted by Gasteiger charge is 2.05. The molecule has 0 unspecified atom stereocenters. The molecule has 4 heteroatoms. The van der Waals surface area contributed by atoms with Gasteiger partial charge in [-0.25, -0.2) is 0 Å². The maximum absolute atomic E-state index is 12.0. The molecule has 0 aliphatic carbocycles. The maximum atomic E-state index is 12.0. The third-order valence-electron chi connectivity index (χ3n) is 3.08. The molecule has 0 atom stereocenters. The van der Waals surface area contributed by atoms with E-state index in [0.29, 0.717) is 5.56 Å². The van der Waals surface area contributed by atoms with Crippen molar-refractivity contribution in [2.24, 2.45) is 0 Å². The zero-order valence-corrected chi connectivity index (χ0v) is 12.9. The predicted molar refractivity (Wildman–Crippen MR) is 86.9 cm³/mol. The number of benzene rings is 1. The molecule has 0 spiro atoms. The summed E-state index contributed by atoms with van der Waals surface area (Å²) in [6.45, 7) is 2.07. The van der Waals surface area contributed by atoms with E-state index in [1.807, 2.05) is 24.3 Å². The number of carbonyl (C=O) groups is 2. The molecule has 0 saturated carbocycles. The van der Waals surface area contributed by atoms with Crippen LogP contribution >= 0.6 is 11.3 Å². The van der Waals surface area contributed by atoms with Crippen LogP contribution in [0, 0.1) is 0 Å². The first kappa shape index (κ1) is 15.2. The molecule has 0 bridgehead atoms. The molecule has 1 N–H and O–H groups in total. The van der Waals surface area contributed by atoms with Gasteiger partial charge in [-0.2, -0.15) is 0 Å². The Morgan fingerprint density at radius 3 is 2.43 bits per heavy atom. The lowest BCUT2D eigenvalue weighted by Gasteiger charge is -1.99. The average molecular weight is 299 g/mol. The van der Waals surface area contributed by atoms with Crippen LogP contribution in [0.25, 0.3) is 6.08 Å². The van der Waals surface area contributed by atoms with E-state index in [0.717, 1.165) is 16.9 Å². The quantitative estimate of drug-likeness (QED) is 0.677. The molecule has 0 aliphatic heterocycles. The molecule has 1 aromatic heterocycles. The van der Waals surface area contributed by atoms with Crippen LogP contribution in [-0.2, 0) is 6.42 Å². The van der Waals surface area contributed by atoms with E-state index in [1.54, 1.807) is 31.3 Å². The number of nitrogens with one attached hydrogen (secondary N) is 1. The van der Waals surface area contributed by atoms with Crippen LogP contribution < -0.4 is 5.32 Å². The fourth-order valence-corrected chi connectivity index (χ4v) is 2.71. The number of ketones is 1. The van der Waals surface area contributed by atoms with Crippen LogP contribution in [0.1, 0.15) is 37.4 Å². The molecule has 0 fully saturated rings. The minimum absolute atomic E-state index is 0.00933. The predicted octanol–water partition coefficient (Wildman–Crippen LogP) is 3.57. The third kappa shape index (κ3) is 3.89. The first-order valence-electron chi connectivity index (χ1n) is 6.77. The van der Waals surface area contributed by atoms with Crippen molar-refractivity contribution in [3.63, 3.8) is 0 Å².